The maximum Gasteiger partial charge on any atom is 0.472 e. The van der Waals surface area contributed by atoms with Crippen LogP contribution in [0.3, 0.4) is 0 Å². The number of aliphatic hydroxyl groups excluding tert-OH is 1. The van der Waals surface area contributed by atoms with Crippen molar-refractivity contribution in [2.75, 3.05) is 47.5 Å². The average Bonchev–Trinajstić information content (AvgIpc) is 3.15. The number of phosphoric acid groups is 1. The minimum Gasteiger partial charge on any atom is -0.462 e. The van der Waals surface area contributed by atoms with Crippen LogP contribution in [0, 0.1) is 0 Å². The molecule has 0 saturated heterocycles. The normalized spacial score (nSPS) is 14.6. The Morgan fingerprint density at radius 1 is 0.632 bits per heavy atom. The fourth-order valence-electron chi connectivity index (χ4n) is 5.85. The summed E-state index contributed by atoms with van der Waals surface area (Å²) in [5.74, 6) is -0.903. The summed E-state index contributed by atoms with van der Waals surface area (Å²) in [6, 6.07) is 0. The minimum atomic E-state index is -4.40. The first kappa shape index (κ1) is 54.9. The van der Waals surface area contributed by atoms with Gasteiger partial charge < -0.3 is 24.0 Å². The SMILES string of the molecule is CCCCC/C=C\C=C/[C@@H](O)C/C=C\C/C=C/CCCC(=O)OC[C@H](COP(=O)(O)OCC[N+](C)(C)C)OC(=O)CCCCCCCCCCCCCCCCC. The van der Waals surface area contributed by atoms with E-state index in [9.17, 15) is 24.2 Å². The van der Waals surface area contributed by atoms with E-state index in [1.54, 1.807) is 6.08 Å². The Morgan fingerprint density at radius 3 is 1.79 bits per heavy atom. The average molecular weight is 827 g/mol. The molecule has 1 unspecified atom stereocenters. The van der Waals surface area contributed by atoms with Gasteiger partial charge in [-0.1, -0.05) is 165 Å². The van der Waals surface area contributed by atoms with Gasteiger partial charge in [0.25, 0.3) is 0 Å². The van der Waals surface area contributed by atoms with E-state index in [-0.39, 0.29) is 26.1 Å². The number of esters is 2. The van der Waals surface area contributed by atoms with E-state index in [1.807, 2.05) is 57.6 Å². The van der Waals surface area contributed by atoms with Crippen LogP contribution >= 0.6 is 7.82 Å². The van der Waals surface area contributed by atoms with Crippen molar-refractivity contribution in [2.45, 2.75) is 187 Å². The number of carbonyl (C=O) groups is 2. The van der Waals surface area contributed by atoms with Gasteiger partial charge in [0.2, 0.25) is 0 Å². The highest BCUT2D eigenvalue weighted by Crippen LogP contribution is 2.43. The molecule has 0 heterocycles. The Morgan fingerprint density at radius 2 is 1.18 bits per heavy atom. The van der Waals surface area contributed by atoms with Crippen LogP contribution in [-0.4, -0.2) is 86.1 Å². The van der Waals surface area contributed by atoms with Crippen molar-refractivity contribution in [2.24, 2.45) is 0 Å². The first-order chi connectivity index (χ1) is 27.4. The van der Waals surface area contributed by atoms with E-state index in [1.165, 1.54) is 89.9 Å². The van der Waals surface area contributed by atoms with Crippen molar-refractivity contribution in [1.82, 2.24) is 0 Å². The van der Waals surface area contributed by atoms with Gasteiger partial charge in [-0.2, -0.15) is 0 Å². The molecule has 0 saturated carbocycles. The van der Waals surface area contributed by atoms with E-state index in [4.69, 9.17) is 18.5 Å². The van der Waals surface area contributed by atoms with E-state index in [0.717, 1.165) is 32.1 Å². The molecule has 0 spiro atoms. The van der Waals surface area contributed by atoms with Gasteiger partial charge in [-0.25, -0.2) is 4.57 Å². The molecule has 0 bridgehead atoms. The number of rotatable bonds is 40. The Balaban J connectivity index is 4.49. The summed E-state index contributed by atoms with van der Waals surface area (Å²) in [7, 11) is 1.41. The minimum absolute atomic E-state index is 0.0126. The number of allylic oxidation sites excluding steroid dienone is 6. The lowest BCUT2D eigenvalue weighted by molar-refractivity contribution is -0.870. The second-order valence-electron chi connectivity index (χ2n) is 16.3. The van der Waals surface area contributed by atoms with Crippen molar-refractivity contribution in [3.05, 3.63) is 48.6 Å². The molecular formula is C46H85NO9P+. The molecule has 332 valence electrons. The van der Waals surface area contributed by atoms with Crippen LogP contribution in [-0.2, 0) is 32.7 Å². The third-order valence-corrected chi connectivity index (χ3v) is 10.4. The quantitative estimate of drug-likeness (QED) is 0.0155. The summed E-state index contributed by atoms with van der Waals surface area (Å²) in [6.45, 7) is 4.24. The second kappa shape index (κ2) is 38.2. The van der Waals surface area contributed by atoms with Gasteiger partial charge >= 0.3 is 19.8 Å². The third kappa shape index (κ3) is 41.9. The van der Waals surface area contributed by atoms with Crippen LogP contribution in [0.2, 0.25) is 0 Å². The highest BCUT2D eigenvalue weighted by atomic mass is 31.2. The van der Waals surface area contributed by atoms with Gasteiger partial charge in [0, 0.05) is 12.8 Å². The molecule has 11 heteroatoms. The molecule has 0 aromatic heterocycles. The molecule has 2 N–H and O–H groups in total. The van der Waals surface area contributed by atoms with Crippen LogP contribution in [0.1, 0.15) is 174 Å². The predicted molar refractivity (Wildman–Crippen MR) is 235 cm³/mol. The Labute approximate surface area is 348 Å². The van der Waals surface area contributed by atoms with Gasteiger partial charge in [0.1, 0.15) is 19.8 Å². The lowest BCUT2D eigenvalue weighted by Gasteiger charge is -2.24. The molecule has 0 aliphatic carbocycles. The Kier molecular flexibility index (Phi) is 36.8. The zero-order chi connectivity index (χ0) is 42.3. The smallest absolute Gasteiger partial charge is 0.462 e. The first-order valence-corrected chi connectivity index (χ1v) is 24.0. The lowest BCUT2D eigenvalue weighted by Crippen LogP contribution is -2.37. The van der Waals surface area contributed by atoms with Crippen molar-refractivity contribution in [3.63, 3.8) is 0 Å². The largest absolute Gasteiger partial charge is 0.472 e. The summed E-state index contributed by atoms with van der Waals surface area (Å²) in [4.78, 5) is 35.4. The monoisotopic (exact) mass is 827 g/mol. The highest BCUT2D eigenvalue weighted by molar-refractivity contribution is 7.47. The molecule has 0 radical (unpaired) electrons. The number of nitrogens with zero attached hydrogens (tertiary/aromatic N) is 1. The zero-order valence-corrected chi connectivity index (χ0v) is 37.8. The van der Waals surface area contributed by atoms with Crippen LogP contribution < -0.4 is 0 Å². The number of hydrogen-bond acceptors (Lipinski definition) is 8. The Bertz CT molecular complexity index is 1130. The molecule has 0 amide bonds. The second-order valence-corrected chi connectivity index (χ2v) is 17.7. The number of likely N-dealkylation sites (N-methyl/N-ethyl adjacent to an activating group) is 1. The number of hydrogen-bond donors (Lipinski definition) is 2. The predicted octanol–water partition coefficient (Wildman–Crippen LogP) is 11.7. The molecule has 3 atom stereocenters. The molecule has 57 heavy (non-hydrogen) atoms. The number of quaternary nitrogens is 1. The molecule has 0 fully saturated rings. The van der Waals surface area contributed by atoms with Crippen molar-refractivity contribution >= 4 is 19.8 Å². The summed E-state index contributed by atoms with van der Waals surface area (Å²) in [5, 5.41) is 10.1. The summed E-state index contributed by atoms with van der Waals surface area (Å²) in [6.07, 6.45) is 40.4. The molecule has 0 aromatic rings. The fraction of sp³-hybridized carbons (Fsp3) is 0.783. The molecule has 0 aliphatic heterocycles. The van der Waals surface area contributed by atoms with Gasteiger partial charge in [-0.05, 0) is 44.9 Å². The van der Waals surface area contributed by atoms with Gasteiger partial charge in [-0.15, -0.1) is 0 Å². The molecule has 0 aromatic carbocycles. The van der Waals surface area contributed by atoms with Crippen molar-refractivity contribution < 1.29 is 47.2 Å². The highest BCUT2D eigenvalue weighted by Gasteiger charge is 2.27. The van der Waals surface area contributed by atoms with Gasteiger partial charge in [0.05, 0.1) is 33.9 Å². The van der Waals surface area contributed by atoms with Crippen LogP contribution in [0.5, 0.6) is 0 Å². The maximum absolute atomic E-state index is 12.7. The zero-order valence-electron chi connectivity index (χ0n) is 36.9. The van der Waals surface area contributed by atoms with Gasteiger partial charge in [-0.3, -0.25) is 18.6 Å². The first-order valence-electron chi connectivity index (χ1n) is 22.5. The van der Waals surface area contributed by atoms with E-state index >= 15 is 0 Å². The number of phosphoric ester groups is 1. The van der Waals surface area contributed by atoms with Crippen molar-refractivity contribution in [1.29, 1.82) is 0 Å². The van der Waals surface area contributed by atoms with E-state index in [2.05, 4.69) is 19.9 Å². The van der Waals surface area contributed by atoms with Gasteiger partial charge in [0.15, 0.2) is 6.10 Å². The van der Waals surface area contributed by atoms with Crippen LogP contribution in [0.25, 0.3) is 0 Å². The summed E-state index contributed by atoms with van der Waals surface area (Å²) >= 11 is 0. The third-order valence-electron chi connectivity index (χ3n) is 9.44. The summed E-state index contributed by atoms with van der Waals surface area (Å²) in [5.41, 5.74) is 0. The Hall–Kier alpha value is -2.07. The van der Waals surface area contributed by atoms with Crippen molar-refractivity contribution in [3.8, 4) is 0 Å². The molecule has 0 aliphatic rings. The van der Waals surface area contributed by atoms with E-state index in [0.29, 0.717) is 36.7 Å². The number of aliphatic hydroxyl groups is 1. The maximum atomic E-state index is 12.7. The number of ether oxygens (including phenoxy) is 2. The standard InChI is InChI=1S/C46H84NO9P/c1-6-8-10-12-14-15-16-17-18-19-20-21-25-30-34-38-46(50)56-44(42-55-57(51,52)54-40-39-47(3,4)5)41-53-45(49)37-33-29-26-22-24-28-32-36-43(48)35-31-27-23-13-11-9-7-2/h22-23,26-28,31-32,35,43-44,48H,6-21,24-25,29-30,33-34,36-42H2,1-5H3/p+1/b26-22+,27-23-,32-28-,35-31-/t43-,44-/m1/s1. The molecular weight excluding hydrogens is 741 g/mol. The summed E-state index contributed by atoms with van der Waals surface area (Å²) < 4.78 is 34.2. The van der Waals surface area contributed by atoms with Crippen LogP contribution in [0.15, 0.2) is 48.6 Å². The number of unbranched alkanes of at least 4 members (excludes halogenated alkanes) is 18. The topological polar surface area (TPSA) is 129 Å². The fourth-order valence-corrected chi connectivity index (χ4v) is 6.59. The van der Waals surface area contributed by atoms with E-state index < -0.39 is 38.6 Å². The number of carbonyl (C=O) groups excluding carboxylic acids is 2. The molecule has 0 rings (SSSR count). The van der Waals surface area contributed by atoms with Crippen LogP contribution in [0.4, 0.5) is 0 Å². The molecule has 10 nitrogen and oxygen atoms in total. The lowest BCUT2D eigenvalue weighted by atomic mass is 10.0.